The van der Waals surface area contributed by atoms with Crippen molar-refractivity contribution in [2.24, 2.45) is 0 Å². The van der Waals surface area contributed by atoms with Crippen molar-refractivity contribution in [2.45, 2.75) is 13.8 Å². The maximum Gasteiger partial charge on any atom is 0.213 e. The zero-order chi connectivity index (χ0) is 20.4. The first kappa shape index (κ1) is 19.5. The third-order valence-electron chi connectivity index (χ3n) is 4.91. The lowest BCUT2D eigenvalue weighted by Gasteiger charge is -2.34. The molecule has 0 N–H and O–H groups in total. The summed E-state index contributed by atoms with van der Waals surface area (Å²) in [5.41, 5.74) is 2.01. The number of sulfonamides is 1. The van der Waals surface area contributed by atoms with Crippen molar-refractivity contribution in [3.8, 4) is 11.4 Å². The minimum Gasteiger partial charge on any atom is -0.494 e. The maximum atomic E-state index is 12.1. The van der Waals surface area contributed by atoms with Gasteiger partial charge in [0, 0.05) is 26.2 Å². The fourth-order valence-corrected chi connectivity index (χ4v) is 4.44. The lowest BCUT2D eigenvalue weighted by atomic mass is 10.3. The van der Waals surface area contributed by atoms with E-state index in [1.165, 1.54) is 10.6 Å². The Hall–Kier alpha value is -2.79. The van der Waals surface area contributed by atoms with E-state index in [0.717, 1.165) is 11.4 Å². The molecule has 0 aliphatic carbocycles. The van der Waals surface area contributed by atoms with Crippen LogP contribution >= 0.6 is 0 Å². The molecule has 1 fully saturated rings. The van der Waals surface area contributed by atoms with Crippen LogP contribution in [0.25, 0.3) is 16.9 Å². The van der Waals surface area contributed by atoms with Crippen molar-refractivity contribution in [2.75, 3.05) is 43.4 Å². The number of ether oxygens (including phenoxy) is 1. The molecule has 0 spiro atoms. The van der Waals surface area contributed by atoms with Gasteiger partial charge in [-0.05, 0) is 38.1 Å². The molecule has 0 atom stereocenters. The molecule has 1 saturated heterocycles. The molecule has 0 radical (unpaired) electrons. The standard InChI is InChI=1S/C18H23N7O3S/c1-3-28-15-7-5-14(6-8-15)25-18-16(21-22-25)17(19-13-20-18)23-9-11-24(12-10-23)29(26,27)4-2/h5-8,13H,3-4,9-12H2,1-2H3. The fourth-order valence-electron chi connectivity index (χ4n) is 3.35. The summed E-state index contributed by atoms with van der Waals surface area (Å²) in [6.45, 7) is 6.14. The molecule has 0 saturated carbocycles. The number of nitrogens with zero attached hydrogens (tertiary/aromatic N) is 7. The number of hydrogen-bond acceptors (Lipinski definition) is 8. The summed E-state index contributed by atoms with van der Waals surface area (Å²) < 4.78 is 32.8. The summed E-state index contributed by atoms with van der Waals surface area (Å²) >= 11 is 0. The highest BCUT2D eigenvalue weighted by Gasteiger charge is 2.27. The van der Waals surface area contributed by atoms with E-state index in [9.17, 15) is 8.42 Å². The molecule has 29 heavy (non-hydrogen) atoms. The van der Waals surface area contributed by atoms with E-state index < -0.39 is 10.0 Å². The van der Waals surface area contributed by atoms with Gasteiger partial charge in [0.1, 0.15) is 12.1 Å². The number of rotatable bonds is 6. The third-order valence-corrected chi connectivity index (χ3v) is 6.79. The lowest BCUT2D eigenvalue weighted by Crippen LogP contribution is -2.49. The van der Waals surface area contributed by atoms with Crippen molar-refractivity contribution in [1.82, 2.24) is 29.3 Å². The Bertz CT molecular complexity index is 1090. The highest BCUT2D eigenvalue weighted by atomic mass is 32.2. The monoisotopic (exact) mass is 417 g/mol. The quantitative estimate of drug-likeness (QED) is 0.587. The van der Waals surface area contributed by atoms with Crippen molar-refractivity contribution in [3.05, 3.63) is 30.6 Å². The van der Waals surface area contributed by atoms with Gasteiger partial charge in [-0.3, -0.25) is 0 Å². The van der Waals surface area contributed by atoms with Crippen LogP contribution < -0.4 is 9.64 Å². The van der Waals surface area contributed by atoms with Crippen LogP contribution in [0, 0.1) is 0 Å². The molecule has 0 amide bonds. The van der Waals surface area contributed by atoms with E-state index in [1.807, 2.05) is 36.1 Å². The van der Waals surface area contributed by atoms with Gasteiger partial charge in [-0.1, -0.05) is 5.21 Å². The largest absolute Gasteiger partial charge is 0.494 e. The summed E-state index contributed by atoms with van der Waals surface area (Å²) in [5.74, 6) is 1.57. The smallest absolute Gasteiger partial charge is 0.213 e. The van der Waals surface area contributed by atoms with Crippen LogP contribution in [0.15, 0.2) is 30.6 Å². The van der Waals surface area contributed by atoms with Crippen LogP contribution in [-0.2, 0) is 10.0 Å². The number of aromatic nitrogens is 5. The summed E-state index contributed by atoms with van der Waals surface area (Å²) in [6, 6.07) is 7.55. The van der Waals surface area contributed by atoms with E-state index in [4.69, 9.17) is 4.74 Å². The van der Waals surface area contributed by atoms with E-state index in [-0.39, 0.29) is 5.75 Å². The van der Waals surface area contributed by atoms with E-state index in [1.54, 1.807) is 11.6 Å². The maximum absolute atomic E-state index is 12.1. The molecule has 10 nitrogen and oxygen atoms in total. The molecule has 3 heterocycles. The Morgan fingerprint density at radius 1 is 1.03 bits per heavy atom. The molecule has 2 aromatic heterocycles. The predicted molar refractivity (Wildman–Crippen MR) is 109 cm³/mol. The molecular formula is C18H23N7O3S. The number of piperazine rings is 1. The molecule has 11 heteroatoms. The Labute approximate surface area is 169 Å². The van der Waals surface area contributed by atoms with E-state index >= 15 is 0 Å². The van der Waals surface area contributed by atoms with Gasteiger partial charge < -0.3 is 9.64 Å². The van der Waals surface area contributed by atoms with Gasteiger partial charge in [-0.2, -0.15) is 8.99 Å². The highest BCUT2D eigenvalue weighted by molar-refractivity contribution is 7.89. The van der Waals surface area contributed by atoms with Crippen LogP contribution in [-0.4, -0.2) is 76.2 Å². The first-order chi connectivity index (χ1) is 14.0. The third kappa shape index (κ3) is 3.75. The van der Waals surface area contributed by atoms with E-state index in [2.05, 4.69) is 20.3 Å². The first-order valence-corrected chi connectivity index (χ1v) is 11.2. The minimum absolute atomic E-state index is 0.112. The van der Waals surface area contributed by atoms with E-state index in [0.29, 0.717) is 49.8 Å². The average Bonchev–Trinajstić information content (AvgIpc) is 3.19. The Kier molecular flexibility index (Phi) is 5.33. The summed E-state index contributed by atoms with van der Waals surface area (Å²) in [5, 5.41) is 8.55. The van der Waals surface area contributed by atoms with Crippen LogP contribution in [0.1, 0.15) is 13.8 Å². The number of fused-ring (bicyclic) bond motifs is 1. The number of hydrogen-bond donors (Lipinski definition) is 0. The van der Waals surface area contributed by atoms with Crippen LogP contribution in [0.4, 0.5) is 5.82 Å². The molecule has 1 aliphatic heterocycles. The number of anilines is 1. The zero-order valence-corrected chi connectivity index (χ0v) is 17.2. The molecule has 1 aliphatic rings. The van der Waals surface area contributed by atoms with Crippen LogP contribution in [0.5, 0.6) is 5.75 Å². The average molecular weight is 417 g/mol. The van der Waals surface area contributed by atoms with Gasteiger partial charge in [0.25, 0.3) is 0 Å². The summed E-state index contributed by atoms with van der Waals surface area (Å²) in [6.07, 6.45) is 1.49. The normalized spacial score (nSPS) is 15.7. The number of benzene rings is 1. The molecule has 1 aromatic carbocycles. The zero-order valence-electron chi connectivity index (χ0n) is 16.4. The van der Waals surface area contributed by atoms with Crippen LogP contribution in [0.2, 0.25) is 0 Å². The van der Waals surface area contributed by atoms with Gasteiger partial charge in [0.05, 0.1) is 18.0 Å². The second-order valence-electron chi connectivity index (χ2n) is 6.58. The SMILES string of the molecule is CCOc1ccc(-n2nnc3c(N4CCN(S(=O)(=O)CC)CC4)ncnc32)cc1. The van der Waals surface area contributed by atoms with Gasteiger partial charge in [-0.15, -0.1) is 5.10 Å². The van der Waals surface area contributed by atoms with Gasteiger partial charge in [-0.25, -0.2) is 18.4 Å². The second-order valence-corrected chi connectivity index (χ2v) is 8.84. The predicted octanol–water partition coefficient (Wildman–Crippen LogP) is 1.08. The van der Waals surface area contributed by atoms with Gasteiger partial charge in [0.2, 0.25) is 10.0 Å². The second kappa shape index (κ2) is 7.91. The molecule has 4 rings (SSSR count). The van der Waals surface area contributed by atoms with Crippen molar-refractivity contribution >= 4 is 27.0 Å². The molecule has 154 valence electrons. The summed E-state index contributed by atoms with van der Waals surface area (Å²) in [7, 11) is -3.18. The van der Waals surface area contributed by atoms with Gasteiger partial charge in [0.15, 0.2) is 17.0 Å². The molecular weight excluding hydrogens is 394 g/mol. The first-order valence-electron chi connectivity index (χ1n) is 9.56. The molecule has 0 unspecified atom stereocenters. The van der Waals surface area contributed by atoms with Gasteiger partial charge >= 0.3 is 0 Å². The minimum atomic E-state index is -3.18. The Morgan fingerprint density at radius 2 is 1.76 bits per heavy atom. The van der Waals surface area contributed by atoms with Crippen molar-refractivity contribution in [1.29, 1.82) is 0 Å². The topological polar surface area (TPSA) is 106 Å². The molecule has 3 aromatic rings. The van der Waals surface area contributed by atoms with Crippen LogP contribution in [0.3, 0.4) is 0 Å². The van der Waals surface area contributed by atoms with Crippen molar-refractivity contribution in [3.63, 3.8) is 0 Å². The Balaban J connectivity index is 1.60. The lowest BCUT2D eigenvalue weighted by molar-refractivity contribution is 0.340. The Morgan fingerprint density at radius 3 is 2.41 bits per heavy atom. The summed E-state index contributed by atoms with van der Waals surface area (Å²) in [4.78, 5) is 10.8. The van der Waals surface area contributed by atoms with Crippen molar-refractivity contribution < 1.29 is 13.2 Å². The highest BCUT2D eigenvalue weighted by Crippen LogP contribution is 2.24. The fraction of sp³-hybridized carbons (Fsp3) is 0.444. The molecule has 0 bridgehead atoms.